The number of rotatable bonds is 4. The van der Waals surface area contributed by atoms with Crippen LogP contribution in [0.4, 0.5) is 0 Å². The highest BCUT2D eigenvalue weighted by Crippen LogP contribution is 2.28. The first-order valence-corrected chi connectivity index (χ1v) is 9.70. The molecule has 0 saturated carbocycles. The minimum absolute atomic E-state index is 0.109. The number of carbonyl (C=O) groups excluding carboxylic acids is 1. The smallest absolute Gasteiger partial charge is 0.252 e. The molecule has 2 aromatic heterocycles. The molecule has 146 valence electrons. The number of aromatic amines is 1. The fourth-order valence-electron chi connectivity index (χ4n) is 3.92. The Morgan fingerprint density at radius 2 is 2.11 bits per heavy atom. The quantitative estimate of drug-likeness (QED) is 0.558. The number of carbonyl (C=O) groups is 1. The highest BCUT2D eigenvalue weighted by Gasteiger charge is 2.33. The van der Waals surface area contributed by atoms with Gasteiger partial charge in [0.2, 0.25) is 0 Å². The van der Waals surface area contributed by atoms with Gasteiger partial charge in [0.05, 0.1) is 27.9 Å². The maximum Gasteiger partial charge on any atom is 0.252 e. The Morgan fingerprint density at radius 3 is 2.79 bits per heavy atom. The van der Waals surface area contributed by atoms with E-state index in [1.54, 1.807) is 24.3 Å². The Kier molecular flexibility index (Phi) is 4.77. The van der Waals surface area contributed by atoms with Crippen molar-refractivity contribution >= 4 is 16.9 Å². The van der Waals surface area contributed by atoms with E-state index in [1.807, 2.05) is 13.0 Å². The van der Waals surface area contributed by atoms with Crippen LogP contribution in [-0.4, -0.2) is 44.8 Å². The number of aromatic nitrogens is 3. The molecule has 0 radical (unpaired) electrons. The van der Waals surface area contributed by atoms with Crippen LogP contribution in [0, 0.1) is 6.92 Å². The molecule has 0 bridgehead atoms. The Labute approximate surface area is 163 Å². The molecule has 1 unspecified atom stereocenters. The first-order valence-electron chi connectivity index (χ1n) is 9.70. The zero-order valence-corrected chi connectivity index (χ0v) is 16.2. The van der Waals surface area contributed by atoms with Gasteiger partial charge < -0.3 is 15.7 Å². The summed E-state index contributed by atoms with van der Waals surface area (Å²) < 4.78 is 0. The summed E-state index contributed by atoms with van der Waals surface area (Å²) in [5, 5.41) is 24.2. The minimum atomic E-state index is -0.235. The number of pyridine rings is 1. The predicted molar refractivity (Wildman–Crippen MR) is 108 cm³/mol. The van der Waals surface area contributed by atoms with Gasteiger partial charge in [-0.1, -0.05) is 6.92 Å². The van der Waals surface area contributed by atoms with Gasteiger partial charge in [-0.3, -0.25) is 9.89 Å². The Hall–Kier alpha value is -2.93. The van der Waals surface area contributed by atoms with Crippen LogP contribution < -0.4 is 10.6 Å². The summed E-state index contributed by atoms with van der Waals surface area (Å²) in [6.07, 6.45) is 2.88. The Bertz CT molecular complexity index is 1000. The van der Waals surface area contributed by atoms with Crippen molar-refractivity contribution in [2.75, 3.05) is 13.1 Å². The van der Waals surface area contributed by atoms with Crippen molar-refractivity contribution in [1.29, 1.82) is 0 Å². The molecule has 1 saturated heterocycles. The summed E-state index contributed by atoms with van der Waals surface area (Å²) in [5.74, 6) is 0.0809. The summed E-state index contributed by atoms with van der Waals surface area (Å²) in [5.41, 5.74) is 3.15. The van der Waals surface area contributed by atoms with E-state index in [0.717, 1.165) is 49.0 Å². The number of H-pyrrole nitrogens is 1. The molecule has 1 atom stereocenters. The first kappa shape index (κ1) is 18.4. The summed E-state index contributed by atoms with van der Waals surface area (Å²) in [6.45, 7) is 5.75. The molecule has 0 spiro atoms. The van der Waals surface area contributed by atoms with Gasteiger partial charge in [0.25, 0.3) is 5.91 Å². The van der Waals surface area contributed by atoms with Gasteiger partial charge in [-0.25, -0.2) is 4.98 Å². The SMILES string of the molecule is CCC1(NC(=O)c2cc(-c3ccc(O)cc3)nc3[nH]nc(C)c23)CCCNC1. The maximum absolute atomic E-state index is 13.3. The largest absolute Gasteiger partial charge is 0.508 e. The molecule has 1 aromatic carbocycles. The van der Waals surface area contributed by atoms with Crippen LogP contribution in [0.1, 0.15) is 42.2 Å². The minimum Gasteiger partial charge on any atom is -0.508 e. The average molecular weight is 379 g/mol. The third-order valence-electron chi connectivity index (χ3n) is 5.65. The lowest BCUT2D eigenvalue weighted by atomic mass is 9.87. The predicted octanol–water partition coefficient (Wildman–Crippen LogP) is 2.90. The van der Waals surface area contributed by atoms with E-state index >= 15 is 0 Å². The lowest BCUT2D eigenvalue weighted by molar-refractivity contribution is 0.0876. The first-order chi connectivity index (χ1) is 13.5. The standard InChI is InChI=1S/C21H25N5O2/c1-3-21(9-4-10-22-12-21)24-20(28)16-11-17(14-5-7-15(27)8-6-14)23-19-18(16)13(2)25-26-19/h5-8,11,22,27H,3-4,9-10,12H2,1-2H3,(H,24,28)(H,23,25,26). The summed E-state index contributed by atoms with van der Waals surface area (Å²) in [6, 6.07) is 8.60. The van der Waals surface area contributed by atoms with Crippen LogP contribution in [0.2, 0.25) is 0 Å². The van der Waals surface area contributed by atoms with Crippen LogP contribution in [0.3, 0.4) is 0 Å². The highest BCUT2D eigenvalue weighted by molar-refractivity contribution is 6.07. The van der Waals surface area contributed by atoms with Gasteiger partial charge in [-0.05, 0) is 63.1 Å². The fraction of sp³-hybridized carbons (Fsp3) is 0.381. The number of fused-ring (bicyclic) bond motifs is 1. The summed E-state index contributed by atoms with van der Waals surface area (Å²) in [7, 11) is 0. The number of benzene rings is 1. The van der Waals surface area contributed by atoms with Gasteiger partial charge >= 0.3 is 0 Å². The van der Waals surface area contributed by atoms with E-state index in [4.69, 9.17) is 0 Å². The molecular formula is C21H25N5O2. The van der Waals surface area contributed by atoms with Crippen molar-refractivity contribution in [1.82, 2.24) is 25.8 Å². The number of amides is 1. The van der Waals surface area contributed by atoms with Crippen molar-refractivity contribution in [3.8, 4) is 17.0 Å². The van der Waals surface area contributed by atoms with Crippen molar-refractivity contribution in [3.63, 3.8) is 0 Å². The molecule has 1 fully saturated rings. The third-order valence-corrected chi connectivity index (χ3v) is 5.65. The lowest BCUT2D eigenvalue weighted by Gasteiger charge is -2.38. The number of phenolic OH excluding ortho intramolecular Hbond substituents is 1. The van der Waals surface area contributed by atoms with Crippen molar-refractivity contribution < 1.29 is 9.90 Å². The number of nitrogens with zero attached hydrogens (tertiary/aromatic N) is 2. The Morgan fingerprint density at radius 1 is 1.32 bits per heavy atom. The van der Waals surface area contributed by atoms with Gasteiger partial charge in [0.1, 0.15) is 5.75 Å². The van der Waals surface area contributed by atoms with Crippen LogP contribution in [0.5, 0.6) is 5.75 Å². The summed E-state index contributed by atoms with van der Waals surface area (Å²) in [4.78, 5) is 18.0. The van der Waals surface area contributed by atoms with Crippen molar-refractivity contribution in [2.24, 2.45) is 0 Å². The summed E-state index contributed by atoms with van der Waals surface area (Å²) >= 11 is 0. The molecule has 28 heavy (non-hydrogen) atoms. The van der Waals surface area contributed by atoms with Crippen LogP contribution in [0.15, 0.2) is 30.3 Å². The highest BCUT2D eigenvalue weighted by atomic mass is 16.3. The number of phenols is 1. The molecule has 0 aliphatic carbocycles. The van der Waals surface area contributed by atoms with Crippen LogP contribution >= 0.6 is 0 Å². The van der Waals surface area contributed by atoms with Gasteiger partial charge in [0, 0.05) is 12.1 Å². The molecule has 3 aromatic rings. The van der Waals surface area contributed by atoms with Gasteiger partial charge in [-0.15, -0.1) is 0 Å². The molecule has 1 aliphatic heterocycles. The monoisotopic (exact) mass is 379 g/mol. The third kappa shape index (κ3) is 3.33. The van der Waals surface area contributed by atoms with E-state index in [-0.39, 0.29) is 17.2 Å². The number of hydrogen-bond acceptors (Lipinski definition) is 5. The molecule has 7 heteroatoms. The molecule has 7 nitrogen and oxygen atoms in total. The second-order valence-electron chi connectivity index (χ2n) is 7.50. The lowest BCUT2D eigenvalue weighted by Crippen LogP contribution is -2.57. The van der Waals surface area contributed by atoms with E-state index in [0.29, 0.717) is 16.9 Å². The second kappa shape index (κ2) is 7.24. The average Bonchev–Trinajstić information content (AvgIpc) is 3.09. The van der Waals surface area contributed by atoms with Crippen LogP contribution in [-0.2, 0) is 0 Å². The number of hydrogen-bond donors (Lipinski definition) is 4. The number of aryl methyl sites for hydroxylation is 1. The zero-order chi connectivity index (χ0) is 19.7. The maximum atomic E-state index is 13.3. The molecule has 1 amide bonds. The van der Waals surface area contributed by atoms with E-state index in [1.165, 1.54) is 0 Å². The number of aromatic hydroxyl groups is 1. The second-order valence-corrected chi connectivity index (χ2v) is 7.50. The topological polar surface area (TPSA) is 103 Å². The van der Waals surface area contributed by atoms with Crippen LogP contribution in [0.25, 0.3) is 22.3 Å². The molecule has 4 rings (SSSR count). The van der Waals surface area contributed by atoms with E-state index < -0.39 is 0 Å². The fourth-order valence-corrected chi connectivity index (χ4v) is 3.92. The molecular weight excluding hydrogens is 354 g/mol. The van der Waals surface area contributed by atoms with E-state index in [2.05, 4.69) is 32.7 Å². The van der Waals surface area contributed by atoms with Crippen molar-refractivity contribution in [3.05, 3.63) is 41.6 Å². The number of nitrogens with one attached hydrogen (secondary N) is 3. The normalized spacial score (nSPS) is 19.6. The van der Waals surface area contributed by atoms with Crippen molar-refractivity contribution in [2.45, 2.75) is 38.6 Å². The Balaban J connectivity index is 1.77. The van der Waals surface area contributed by atoms with E-state index in [9.17, 15) is 9.90 Å². The molecule has 1 aliphatic rings. The van der Waals surface area contributed by atoms with Gasteiger partial charge in [-0.2, -0.15) is 5.10 Å². The molecule has 4 N–H and O–H groups in total. The van der Waals surface area contributed by atoms with Gasteiger partial charge in [0.15, 0.2) is 5.65 Å². The molecule has 3 heterocycles. The number of piperidine rings is 1. The zero-order valence-electron chi connectivity index (χ0n) is 16.2.